The first-order valence-corrected chi connectivity index (χ1v) is 26.7. The number of hydrogen-bond acceptors (Lipinski definition) is 18. The molecule has 2 fully saturated rings. The molecule has 2 saturated heterocycles. The molecule has 2 aliphatic heterocycles. The topological polar surface area (TPSA) is 284 Å². The number of amides is 4. The molecule has 3 rings (SSSR count). The number of benzene rings is 1. The summed E-state index contributed by atoms with van der Waals surface area (Å²) < 4.78 is 113. The molecule has 2 aliphatic rings. The van der Waals surface area contributed by atoms with Gasteiger partial charge in [0.2, 0.25) is 17.6 Å². The highest BCUT2D eigenvalue weighted by molar-refractivity contribution is 5.91. The van der Waals surface area contributed by atoms with E-state index in [-0.39, 0.29) is 52.0 Å². The van der Waals surface area contributed by atoms with Crippen LogP contribution < -0.4 is 16.0 Å². The van der Waals surface area contributed by atoms with Crippen LogP contribution in [0.3, 0.4) is 0 Å². The Morgan fingerprint density at radius 1 is 0.536 bits per heavy atom. The van der Waals surface area contributed by atoms with Gasteiger partial charge in [0, 0.05) is 74.4 Å². The van der Waals surface area contributed by atoms with Gasteiger partial charge in [0.15, 0.2) is 72.1 Å². The second kappa shape index (κ2) is 38.0. The van der Waals surface area contributed by atoms with Crippen molar-refractivity contribution in [2.24, 2.45) is 11.8 Å². The molecule has 0 bridgehead atoms. The van der Waals surface area contributed by atoms with Crippen molar-refractivity contribution in [3.63, 3.8) is 0 Å². The number of allylic oxidation sites excluding steroid dienone is 2. The van der Waals surface area contributed by atoms with Crippen molar-refractivity contribution >= 4 is 59.4 Å². The lowest BCUT2D eigenvalue weighted by Gasteiger charge is -2.34. The summed E-state index contributed by atoms with van der Waals surface area (Å²) in [5.74, 6) is -18.6. The van der Waals surface area contributed by atoms with Gasteiger partial charge in [-0.15, -0.1) is 0 Å². The van der Waals surface area contributed by atoms with E-state index in [9.17, 15) is 69.9 Å². The van der Waals surface area contributed by atoms with Crippen LogP contribution in [0.15, 0.2) is 24.3 Å². The van der Waals surface area contributed by atoms with Crippen molar-refractivity contribution in [3.05, 3.63) is 59.0 Å². The van der Waals surface area contributed by atoms with Crippen LogP contribution in [0.1, 0.15) is 141 Å². The monoisotopic (exact) mass is 1210 g/mol. The summed E-state index contributed by atoms with van der Waals surface area (Å²) >= 11 is 0. The maximum atomic E-state index is 14.4. The maximum Gasteiger partial charge on any atom is 0.303 e. The fourth-order valence-corrected chi connectivity index (χ4v) is 8.44. The molecular weight excluding hydrogens is 1120 g/mol. The highest BCUT2D eigenvalue weighted by atomic mass is 19.2. The summed E-state index contributed by atoms with van der Waals surface area (Å²) in [7, 11) is 2.28. The molecule has 12 atom stereocenters. The average molecular weight is 1210 g/mol. The normalized spacial score (nSPS) is 18.8. The molecule has 1 aromatic rings. The highest BCUT2D eigenvalue weighted by Gasteiger charge is 2.47. The van der Waals surface area contributed by atoms with E-state index in [1.807, 2.05) is 27.7 Å². The van der Waals surface area contributed by atoms with Crippen molar-refractivity contribution in [1.29, 1.82) is 0 Å². The maximum absolute atomic E-state index is 14.4. The minimum absolute atomic E-state index is 0. The lowest BCUT2D eigenvalue weighted by Crippen LogP contribution is -2.58. The fourth-order valence-electron chi connectivity index (χ4n) is 8.44. The number of hydrogen-bond donors (Lipinski definition) is 3. The van der Waals surface area contributed by atoms with Crippen LogP contribution in [0, 0.1) is 40.9 Å². The third-order valence-corrected chi connectivity index (χ3v) is 12.9. The van der Waals surface area contributed by atoms with Crippen molar-refractivity contribution in [2.45, 2.75) is 203 Å². The first-order valence-electron chi connectivity index (χ1n) is 26.7. The lowest BCUT2D eigenvalue weighted by molar-refractivity contribution is -0.192. The molecule has 22 nitrogen and oxygen atoms in total. The number of rotatable bonds is 26. The molecule has 0 saturated carbocycles. The van der Waals surface area contributed by atoms with Crippen LogP contribution in [-0.4, -0.2) is 153 Å². The summed E-state index contributed by atoms with van der Waals surface area (Å²) in [6, 6.07) is -2.17. The zero-order valence-electron chi connectivity index (χ0n) is 48.2. The van der Waals surface area contributed by atoms with Gasteiger partial charge in [-0.3, -0.25) is 47.9 Å². The van der Waals surface area contributed by atoms with Crippen LogP contribution in [0.5, 0.6) is 0 Å². The van der Waals surface area contributed by atoms with Crippen LogP contribution in [0.2, 0.25) is 0 Å². The Hall–Kier alpha value is -7.03. The zero-order valence-corrected chi connectivity index (χ0v) is 48.2. The van der Waals surface area contributed by atoms with Gasteiger partial charge in [0.25, 0.3) is 11.8 Å². The quantitative estimate of drug-likeness (QED) is 0.0231. The molecule has 2 unspecified atom stereocenters. The summed E-state index contributed by atoms with van der Waals surface area (Å²) in [6.45, 7) is 13.6. The third kappa shape index (κ3) is 24.3. The van der Waals surface area contributed by atoms with Crippen molar-refractivity contribution in [1.82, 2.24) is 20.9 Å². The standard InChI is InChI=1S/C31H39F5N2O9.C24H38N2O9.2CH4/c1-7-15(2)11-12-21(45-16(3)39)27(46-17(4)40)28(47-18(5)41)29(44-6)30(42)37-20-10-8-9-13-38(31(20)43)14-19-22(32)24(34)26(36)25(35)23(19)33;1-7-14(2)11-12-19(33-15(3)27)20(34-16(4)28)21(35-17(5)29)22(32-6)24(31)26-18-10-8-9-13-25-23(18)30;;/h11-12,15,20-21,27-29H,7-10,13-14H2,1-6H3,(H,37,42);11-12,14,18-22H,7-10,13H2,1-6H3,(H,25,30)(H,26,31);2*1H4/b2*12-11+;;/t15?,20-,21+,27-,28+,29+;14?,18-,19+,20-,21+,22+;;/m00../s1. The second-order valence-corrected chi connectivity index (χ2v) is 19.5. The number of carbonyl (C=O) groups excluding carboxylic acids is 10. The third-order valence-electron chi connectivity index (χ3n) is 12.9. The minimum atomic E-state index is -2.35. The van der Waals surface area contributed by atoms with Gasteiger partial charge in [-0.05, 0) is 62.5 Å². The van der Waals surface area contributed by atoms with Crippen molar-refractivity contribution < 1.29 is 108 Å². The van der Waals surface area contributed by atoms with Gasteiger partial charge in [-0.2, -0.15) is 0 Å². The van der Waals surface area contributed by atoms with Crippen LogP contribution >= 0.6 is 0 Å². The highest BCUT2D eigenvalue weighted by Crippen LogP contribution is 2.28. The smallest absolute Gasteiger partial charge is 0.303 e. The number of carbonyl (C=O) groups is 10. The number of methoxy groups -OCH3 is 2. The molecule has 0 spiro atoms. The Labute approximate surface area is 487 Å². The first-order chi connectivity index (χ1) is 38.5. The molecule has 1 aromatic carbocycles. The van der Waals surface area contributed by atoms with Crippen molar-refractivity contribution in [3.8, 4) is 0 Å². The Balaban J connectivity index is 0.00000167. The SMILES string of the molecule is C.C.CCC(C)/C=C/[C@@H](OC(C)=O)[C@H](OC(C)=O)[C@@H](OC(C)=O)[C@@H](OC)C(=O)N[C@H]1CCCCN(Cc2c(F)c(F)c(F)c(F)c2F)C1=O.CCC(C)/C=C/[C@@H](OC(C)=O)[C@H](OC(C)=O)[C@@H](OC(C)=O)[C@@H](OC)C(=O)N[C@H]1CCCCNC1=O. The molecule has 3 N–H and O–H groups in total. The Bertz CT molecular complexity index is 2440. The molecule has 4 amide bonds. The van der Waals surface area contributed by atoms with Crippen LogP contribution in [-0.2, 0) is 92.4 Å². The number of halogens is 5. The summed E-state index contributed by atoms with van der Waals surface area (Å²) in [6.07, 6.45) is -1.68. The Kier molecular flexibility index (Phi) is 34.8. The summed E-state index contributed by atoms with van der Waals surface area (Å²) in [5, 5.41) is 7.78. The Morgan fingerprint density at radius 2 is 0.893 bits per heavy atom. The largest absolute Gasteiger partial charge is 0.455 e. The molecule has 476 valence electrons. The van der Waals surface area contributed by atoms with Gasteiger partial charge in [0.1, 0.15) is 12.1 Å². The van der Waals surface area contributed by atoms with E-state index in [4.69, 9.17) is 37.9 Å². The number of ether oxygens (including phenoxy) is 8. The minimum Gasteiger partial charge on any atom is -0.455 e. The molecule has 84 heavy (non-hydrogen) atoms. The number of nitrogens with one attached hydrogen (secondary N) is 3. The Morgan fingerprint density at radius 3 is 1.27 bits per heavy atom. The van der Waals surface area contributed by atoms with E-state index < -0.39 is 156 Å². The van der Waals surface area contributed by atoms with E-state index in [1.165, 1.54) is 26.2 Å². The van der Waals surface area contributed by atoms with E-state index in [0.29, 0.717) is 25.8 Å². The second-order valence-electron chi connectivity index (χ2n) is 19.5. The van der Waals surface area contributed by atoms with Crippen molar-refractivity contribution in [2.75, 3.05) is 27.3 Å². The fraction of sp³-hybridized carbons (Fsp3) is 0.649. The molecule has 2 heterocycles. The summed E-state index contributed by atoms with van der Waals surface area (Å²) in [5.41, 5.74) is -1.22. The predicted molar refractivity (Wildman–Crippen MR) is 292 cm³/mol. The molecular formula is C57H85F5N4O18. The van der Waals surface area contributed by atoms with E-state index in [2.05, 4.69) is 16.0 Å². The summed E-state index contributed by atoms with van der Waals surface area (Å²) in [4.78, 5) is 126. The van der Waals surface area contributed by atoms with Gasteiger partial charge < -0.3 is 58.7 Å². The first kappa shape index (κ1) is 77.0. The molecule has 27 heteroatoms. The average Bonchev–Trinajstić information content (AvgIpc) is 3.86. The number of likely N-dealkylation sites (tertiary alicyclic amines) is 1. The van der Waals surface area contributed by atoms with Crippen LogP contribution in [0.25, 0.3) is 0 Å². The van der Waals surface area contributed by atoms with E-state index in [1.54, 1.807) is 12.2 Å². The van der Waals surface area contributed by atoms with Gasteiger partial charge in [-0.25, -0.2) is 22.0 Å². The number of esters is 6. The van der Waals surface area contributed by atoms with Gasteiger partial charge in [0.05, 0.1) is 6.54 Å². The molecule has 0 aromatic heterocycles. The molecule has 0 radical (unpaired) electrons. The zero-order chi connectivity index (χ0) is 62.1. The number of nitrogens with zero attached hydrogens (tertiary/aromatic N) is 1. The molecule has 0 aliphatic carbocycles. The predicted octanol–water partition coefficient (Wildman–Crippen LogP) is 6.25. The van der Waals surface area contributed by atoms with E-state index in [0.717, 1.165) is 65.9 Å². The lowest BCUT2D eigenvalue weighted by atomic mass is 9.98. The van der Waals surface area contributed by atoms with E-state index >= 15 is 0 Å². The van der Waals surface area contributed by atoms with Gasteiger partial charge >= 0.3 is 35.8 Å². The van der Waals surface area contributed by atoms with Crippen LogP contribution in [0.4, 0.5) is 22.0 Å². The van der Waals surface area contributed by atoms with Gasteiger partial charge in [-0.1, -0.05) is 67.5 Å².